The lowest BCUT2D eigenvalue weighted by atomic mass is 9.98. The van der Waals surface area contributed by atoms with Crippen molar-refractivity contribution in [1.82, 2.24) is 4.72 Å². The standard InChI is InChI=1S/C27H32N2O4S2/c1-20-11-17-24(18-12-20)35(31,32)29-26(22-13-15-23(33-5)16-14-22)19-25(21-9-7-6-8-10-21)28-34(30)27(2,3)4/h6-18,26,29H,19H2,1-5H3/b28-25+/t26-,34+/m0/s1. The van der Waals surface area contributed by atoms with Crippen LogP contribution in [0.25, 0.3) is 0 Å². The Balaban J connectivity index is 2.06. The van der Waals surface area contributed by atoms with Gasteiger partial charge >= 0.3 is 0 Å². The first-order valence-electron chi connectivity index (χ1n) is 11.3. The third-order valence-corrected chi connectivity index (χ3v) is 8.29. The first-order valence-corrected chi connectivity index (χ1v) is 13.9. The van der Waals surface area contributed by atoms with Gasteiger partial charge in [-0.05, 0) is 63.1 Å². The zero-order valence-electron chi connectivity index (χ0n) is 20.7. The Morgan fingerprint density at radius 3 is 2.11 bits per heavy atom. The van der Waals surface area contributed by atoms with E-state index in [0.29, 0.717) is 11.5 Å². The number of nitrogens with one attached hydrogen (secondary N) is 1. The highest BCUT2D eigenvalue weighted by Gasteiger charge is 2.26. The molecular weight excluding hydrogens is 480 g/mol. The normalized spacial score (nSPS) is 14.4. The lowest BCUT2D eigenvalue weighted by Gasteiger charge is -2.22. The lowest BCUT2D eigenvalue weighted by Crippen LogP contribution is -2.31. The van der Waals surface area contributed by atoms with Crippen LogP contribution in [0.1, 0.15) is 49.9 Å². The predicted molar refractivity (Wildman–Crippen MR) is 143 cm³/mol. The summed E-state index contributed by atoms with van der Waals surface area (Å²) in [5.41, 5.74) is 3.06. The molecule has 0 aliphatic heterocycles. The Hall–Kier alpha value is -2.81. The minimum atomic E-state index is -3.84. The third-order valence-electron chi connectivity index (χ3n) is 5.37. The Bertz CT molecular complexity index is 1280. The van der Waals surface area contributed by atoms with Crippen LogP contribution in [0.15, 0.2) is 88.2 Å². The molecule has 0 aliphatic rings. The van der Waals surface area contributed by atoms with Gasteiger partial charge in [-0.3, -0.25) is 0 Å². The van der Waals surface area contributed by atoms with E-state index in [1.165, 1.54) is 0 Å². The van der Waals surface area contributed by atoms with Crippen LogP contribution in [-0.4, -0.2) is 30.2 Å². The molecular formula is C27H32N2O4S2. The smallest absolute Gasteiger partial charge is 0.241 e. The molecule has 186 valence electrons. The summed E-state index contributed by atoms with van der Waals surface area (Å²) in [4.78, 5) is 0.179. The number of aryl methyl sites for hydroxylation is 1. The number of hydrogen-bond acceptors (Lipinski definition) is 4. The topological polar surface area (TPSA) is 84.8 Å². The van der Waals surface area contributed by atoms with Gasteiger partial charge in [0.2, 0.25) is 10.0 Å². The van der Waals surface area contributed by atoms with E-state index in [1.54, 1.807) is 43.5 Å². The second-order valence-corrected chi connectivity index (χ2v) is 12.8. The molecule has 6 nitrogen and oxygen atoms in total. The van der Waals surface area contributed by atoms with E-state index in [2.05, 4.69) is 9.12 Å². The van der Waals surface area contributed by atoms with Crippen molar-refractivity contribution in [3.8, 4) is 5.75 Å². The summed E-state index contributed by atoms with van der Waals surface area (Å²) in [5.74, 6) is 0.666. The molecule has 35 heavy (non-hydrogen) atoms. The maximum absolute atomic E-state index is 13.3. The molecule has 0 aromatic heterocycles. The van der Waals surface area contributed by atoms with E-state index in [1.807, 2.05) is 70.2 Å². The van der Waals surface area contributed by atoms with Crippen molar-refractivity contribution in [3.05, 3.63) is 95.6 Å². The van der Waals surface area contributed by atoms with Crippen LogP contribution in [0.5, 0.6) is 5.75 Å². The van der Waals surface area contributed by atoms with E-state index in [9.17, 15) is 12.6 Å². The van der Waals surface area contributed by atoms with Crippen molar-refractivity contribution < 1.29 is 17.4 Å². The molecule has 0 fully saturated rings. The van der Waals surface area contributed by atoms with Gasteiger partial charge < -0.3 is 4.74 Å². The first-order chi connectivity index (χ1) is 16.5. The molecule has 0 saturated heterocycles. The van der Waals surface area contributed by atoms with Crippen LogP contribution < -0.4 is 9.46 Å². The van der Waals surface area contributed by atoms with Crippen LogP contribution in [0.4, 0.5) is 0 Å². The van der Waals surface area contributed by atoms with Crippen molar-refractivity contribution in [1.29, 1.82) is 0 Å². The second kappa shape index (κ2) is 11.3. The molecule has 3 aromatic rings. The molecule has 0 radical (unpaired) electrons. The van der Waals surface area contributed by atoms with Gasteiger partial charge in [0, 0.05) is 6.42 Å². The minimum Gasteiger partial charge on any atom is -0.497 e. The quantitative estimate of drug-likeness (QED) is 0.391. The number of rotatable bonds is 9. The third kappa shape index (κ3) is 7.34. The highest BCUT2D eigenvalue weighted by atomic mass is 32.2. The maximum atomic E-state index is 13.3. The van der Waals surface area contributed by atoms with E-state index in [-0.39, 0.29) is 11.3 Å². The average Bonchev–Trinajstić information content (AvgIpc) is 2.83. The number of ether oxygens (including phenoxy) is 1. The van der Waals surface area contributed by atoms with Crippen LogP contribution in [0.3, 0.4) is 0 Å². The first kappa shape index (κ1) is 26.8. The minimum absolute atomic E-state index is 0.179. The van der Waals surface area contributed by atoms with Gasteiger partial charge in [0.05, 0.1) is 28.5 Å². The van der Waals surface area contributed by atoms with Crippen LogP contribution >= 0.6 is 0 Å². The summed E-state index contributed by atoms with van der Waals surface area (Å²) < 4.78 is 51.7. The molecule has 0 amide bonds. The Labute approximate surface area is 211 Å². The number of sulfonamides is 1. The number of nitrogens with zero attached hydrogens (tertiary/aromatic N) is 1. The van der Waals surface area contributed by atoms with Gasteiger partial charge in [-0.2, -0.15) is 4.40 Å². The average molecular weight is 513 g/mol. The van der Waals surface area contributed by atoms with Crippen molar-refractivity contribution in [2.75, 3.05) is 7.11 Å². The Kier molecular flexibility index (Phi) is 8.64. The summed E-state index contributed by atoms with van der Waals surface area (Å²) in [6.07, 6.45) is 0.212. The predicted octanol–water partition coefficient (Wildman–Crippen LogP) is 5.36. The molecule has 8 heteroatoms. The Morgan fingerprint density at radius 2 is 1.57 bits per heavy atom. The molecule has 0 bridgehead atoms. The Morgan fingerprint density at radius 1 is 0.971 bits per heavy atom. The van der Waals surface area contributed by atoms with Crippen molar-refractivity contribution >= 4 is 26.7 Å². The largest absolute Gasteiger partial charge is 0.497 e. The number of benzene rings is 3. The van der Waals surface area contributed by atoms with Gasteiger partial charge in [-0.25, -0.2) is 17.3 Å². The lowest BCUT2D eigenvalue weighted by molar-refractivity contribution is 0.414. The second-order valence-electron chi connectivity index (χ2n) is 9.23. The summed E-state index contributed by atoms with van der Waals surface area (Å²) in [5, 5.41) is 0. The van der Waals surface area contributed by atoms with Crippen molar-refractivity contribution in [3.63, 3.8) is 0 Å². The maximum Gasteiger partial charge on any atom is 0.241 e. The fraction of sp³-hybridized carbons (Fsp3) is 0.296. The van der Waals surface area contributed by atoms with Gasteiger partial charge in [-0.1, -0.05) is 60.2 Å². The SMILES string of the molecule is COc1ccc([C@H](C/C(=N\[S@](=O)C(C)(C)C)c2ccccc2)NS(=O)(=O)c2ccc(C)cc2)cc1. The van der Waals surface area contributed by atoms with Crippen LogP contribution in [0, 0.1) is 6.92 Å². The van der Waals surface area contributed by atoms with Gasteiger partial charge in [0.15, 0.2) is 0 Å². The van der Waals surface area contributed by atoms with Crippen molar-refractivity contribution in [2.45, 2.75) is 49.8 Å². The zero-order valence-corrected chi connectivity index (χ0v) is 22.3. The molecule has 0 heterocycles. The van der Waals surface area contributed by atoms with E-state index in [0.717, 1.165) is 16.7 Å². The molecule has 0 unspecified atom stereocenters. The number of hydrogen-bond donors (Lipinski definition) is 1. The van der Waals surface area contributed by atoms with Gasteiger partial charge in [-0.15, -0.1) is 0 Å². The molecule has 3 aromatic carbocycles. The van der Waals surface area contributed by atoms with E-state index in [4.69, 9.17) is 4.74 Å². The monoisotopic (exact) mass is 512 g/mol. The van der Waals surface area contributed by atoms with Crippen LogP contribution in [0.2, 0.25) is 0 Å². The summed E-state index contributed by atoms with van der Waals surface area (Å²) in [7, 11) is -3.78. The molecule has 0 aliphatic carbocycles. The molecule has 2 atom stereocenters. The molecule has 3 rings (SSSR count). The fourth-order valence-electron chi connectivity index (χ4n) is 3.31. The van der Waals surface area contributed by atoms with Gasteiger partial charge in [0.25, 0.3) is 0 Å². The molecule has 0 spiro atoms. The fourth-order valence-corrected chi connectivity index (χ4v) is 5.18. The van der Waals surface area contributed by atoms with Crippen molar-refractivity contribution in [2.24, 2.45) is 4.40 Å². The summed E-state index contributed by atoms with van der Waals surface area (Å²) in [6.45, 7) is 7.48. The highest BCUT2D eigenvalue weighted by Crippen LogP contribution is 2.26. The van der Waals surface area contributed by atoms with E-state index < -0.39 is 31.8 Å². The van der Waals surface area contributed by atoms with Crippen LogP contribution in [-0.2, 0) is 21.0 Å². The summed E-state index contributed by atoms with van der Waals surface area (Å²) in [6, 6.07) is 22.7. The number of methoxy groups -OCH3 is 1. The zero-order chi connectivity index (χ0) is 25.6. The highest BCUT2D eigenvalue weighted by molar-refractivity contribution is 7.89. The summed E-state index contributed by atoms with van der Waals surface area (Å²) >= 11 is 0. The van der Waals surface area contributed by atoms with E-state index >= 15 is 0 Å². The van der Waals surface area contributed by atoms with Gasteiger partial charge in [0.1, 0.15) is 16.7 Å². The molecule has 0 saturated carbocycles. The molecule has 1 N–H and O–H groups in total.